The van der Waals surface area contributed by atoms with Gasteiger partial charge in [0.15, 0.2) is 5.82 Å². The molecule has 1 aromatic heterocycles. The van der Waals surface area contributed by atoms with Gasteiger partial charge in [0.25, 0.3) is 0 Å². The molecular formula is C13H20IN3O2. The summed E-state index contributed by atoms with van der Waals surface area (Å²) in [5, 5.41) is 3.12. The first-order valence-corrected chi connectivity index (χ1v) is 7.63. The zero-order valence-corrected chi connectivity index (χ0v) is 13.7. The van der Waals surface area contributed by atoms with E-state index in [0.29, 0.717) is 19.1 Å². The molecular weight excluding hydrogens is 357 g/mol. The number of hydrogen-bond donors (Lipinski definition) is 1. The molecule has 2 rings (SSSR count). The third-order valence-electron chi connectivity index (χ3n) is 3.11. The van der Waals surface area contributed by atoms with Crippen LogP contribution in [0.15, 0.2) is 0 Å². The monoisotopic (exact) mass is 377 g/mol. The first-order chi connectivity index (χ1) is 9.21. The third-order valence-corrected chi connectivity index (χ3v) is 4.24. The number of halogens is 1. The quantitative estimate of drug-likeness (QED) is 0.741. The number of nitrogens with zero attached hydrogens (tertiary/aromatic N) is 2. The molecule has 0 amide bonds. The molecule has 1 aliphatic rings. The van der Waals surface area contributed by atoms with Crippen LogP contribution >= 0.6 is 22.6 Å². The minimum atomic E-state index is 0.0182. The van der Waals surface area contributed by atoms with E-state index in [0.717, 1.165) is 20.9 Å². The van der Waals surface area contributed by atoms with Crippen LogP contribution in [0.2, 0.25) is 0 Å². The summed E-state index contributed by atoms with van der Waals surface area (Å²) in [6.45, 7) is 3.19. The highest BCUT2D eigenvalue weighted by Crippen LogP contribution is 2.42. The Morgan fingerprint density at radius 3 is 2.68 bits per heavy atom. The van der Waals surface area contributed by atoms with Gasteiger partial charge in [-0.05, 0) is 48.3 Å². The smallest absolute Gasteiger partial charge is 0.160 e. The molecule has 1 atom stereocenters. The van der Waals surface area contributed by atoms with Crippen LogP contribution in [0.5, 0.6) is 0 Å². The number of nitrogens with one attached hydrogen (secondary N) is 1. The maximum atomic E-state index is 5.83. The van der Waals surface area contributed by atoms with Gasteiger partial charge in [0.05, 0.1) is 15.9 Å². The van der Waals surface area contributed by atoms with E-state index in [1.807, 2.05) is 14.0 Å². The molecule has 1 N–H and O–H groups in total. The predicted octanol–water partition coefficient (Wildman–Crippen LogP) is 2.76. The van der Waals surface area contributed by atoms with Crippen LogP contribution in [-0.2, 0) is 16.1 Å². The molecule has 1 unspecified atom stereocenters. The largest absolute Gasteiger partial charge is 0.378 e. The fraction of sp³-hybridized carbons (Fsp3) is 0.692. The second-order valence-corrected chi connectivity index (χ2v) is 5.67. The van der Waals surface area contributed by atoms with Gasteiger partial charge >= 0.3 is 0 Å². The van der Waals surface area contributed by atoms with Crippen LogP contribution in [0.4, 0.5) is 5.82 Å². The molecule has 1 aromatic rings. The normalized spacial score (nSPS) is 16.4. The van der Waals surface area contributed by atoms with Crippen molar-refractivity contribution in [2.45, 2.75) is 32.5 Å². The minimum Gasteiger partial charge on any atom is -0.378 e. The van der Waals surface area contributed by atoms with Crippen molar-refractivity contribution >= 4 is 28.4 Å². The molecule has 0 spiro atoms. The maximum Gasteiger partial charge on any atom is 0.160 e. The molecule has 0 radical (unpaired) electrons. The van der Waals surface area contributed by atoms with Crippen LogP contribution in [0, 0.1) is 9.49 Å². The van der Waals surface area contributed by atoms with Crippen molar-refractivity contribution in [2.24, 2.45) is 5.92 Å². The van der Waals surface area contributed by atoms with Crippen LogP contribution in [-0.4, -0.2) is 30.7 Å². The zero-order chi connectivity index (χ0) is 13.8. The molecule has 1 heterocycles. The summed E-state index contributed by atoms with van der Waals surface area (Å²) in [4.78, 5) is 9.25. The van der Waals surface area contributed by atoms with E-state index in [1.165, 1.54) is 12.8 Å². The van der Waals surface area contributed by atoms with Crippen LogP contribution < -0.4 is 5.32 Å². The molecule has 1 aliphatic carbocycles. The van der Waals surface area contributed by atoms with Crippen LogP contribution in [0.3, 0.4) is 0 Å². The Morgan fingerprint density at radius 2 is 2.16 bits per heavy atom. The van der Waals surface area contributed by atoms with E-state index < -0.39 is 0 Å². The Bertz CT molecular complexity index is 438. The van der Waals surface area contributed by atoms with Crippen molar-refractivity contribution in [3.8, 4) is 0 Å². The molecule has 19 heavy (non-hydrogen) atoms. The molecule has 0 bridgehead atoms. The van der Waals surface area contributed by atoms with Crippen LogP contribution in [0.25, 0.3) is 0 Å². The van der Waals surface area contributed by atoms with Crippen molar-refractivity contribution in [3.05, 3.63) is 15.1 Å². The first-order valence-electron chi connectivity index (χ1n) is 6.55. The summed E-state index contributed by atoms with van der Waals surface area (Å²) in [6.07, 6.45) is 2.42. The number of anilines is 1. The van der Waals surface area contributed by atoms with E-state index in [-0.39, 0.29) is 6.10 Å². The summed E-state index contributed by atoms with van der Waals surface area (Å²) < 4.78 is 12.1. The number of ether oxygens (including phenoxy) is 2. The SMILES string of the molecule is CCOC(c1nc(COC)c(I)c(NC)n1)C1CC1. The van der Waals surface area contributed by atoms with Crippen molar-refractivity contribution in [1.29, 1.82) is 0 Å². The fourth-order valence-electron chi connectivity index (χ4n) is 2.04. The minimum absolute atomic E-state index is 0.0182. The predicted molar refractivity (Wildman–Crippen MR) is 82.1 cm³/mol. The second-order valence-electron chi connectivity index (χ2n) is 4.59. The lowest BCUT2D eigenvalue weighted by molar-refractivity contribution is 0.0396. The van der Waals surface area contributed by atoms with Gasteiger partial charge in [-0.25, -0.2) is 9.97 Å². The number of rotatable bonds is 7. The van der Waals surface area contributed by atoms with E-state index in [9.17, 15) is 0 Å². The Morgan fingerprint density at radius 1 is 1.42 bits per heavy atom. The second kappa shape index (κ2) is 6.81. The van der Waals surface area contributed by atoms with Crippen LogP contribution in [0.1, 0.15) is 37.4 Å². The highest BCUT2D eigenvalue weighted by molar-refractivity contribution is 14.1. The fourth-order valence-corrected chi connectivity index (χ4v) is 2.70. The Hall–Kier alpha value is -0.470. The lowest BCUT2D eigenvalue weighted by Gasteiger charge is -2.18. The summed E-state index contributed by atoms with van der Waals surface area (Å²) in [5.41, 5.74) is 0.919. The average molecular weight is 377 g/mol. The third kappa shape index (κ3) is 3.55. The lowest BCUT2D eigenvalue weighted by atomic mass is 10.2. The van der Waals surface area contributed by atoms with Crippen molar-refractivity contribution in [1.82, 2.24) is 9.97 Å². The van der Waals surface area contributed by atoms with Gasteiger partial charge in [0.2, 0.25) is 0 Å². The standard InChI is InChI=1S/C13H20IN3O2/c1-4-19-11(8-5-6-8)13-16-9(7-18-3)10(14)12(15-2)17-13/h8,11H,4-7H2,1-3H3,(H,15,16,17). The van der Waals surface area contributed by atoms with Gasteiger partial charge in [-0.15, -0.1) is 0 Å². The molecule has 0 aromatic carbocycles. The summed E-state index contributed by atoms with van der Waals surface area (Å²) in [5.74, 6) is 2.20. The zero-order valence-electron chi connectivity index (χ0n) is 11.6. The lowest BCUT2D eigenvalue weighted by Crippen LogP contribution is -2.15. The molecule has 106 valence electrons. The van der Waals surface area contributed by atoms with E-state index in [1.54, 1.807) is 7.11 Å². The molecule has 1 saturated carbocycles. The molecule has 1 fully saturated rings. The van der Waals surface area contributed by atoms with Crippen molar-refractivity contribution in [2.75, 3.05) is 26.1 Å². The van der Waals surface area contributed by atoms with Gasteiger partial charge in [-0.3, -0.25) is 0 Å². The average Bonchev–Trinajstić information content (AvgIpc) is 3.23. The number of methoxy groups -OCH3 is 1. The van der Waals surface area contributed by atoms with E-state index in [4.69, 9.17) is 9.47 Å². The summed E-state index contributed by atoms with van der Waals surface area (Å²) in [6, 6.07) is 0. The Kier molecular flexibility index (Phi) is 5.35. The van der Waals surface area contributed by atoms with Gasteiger partial charge in [0.1, 0.15) is 11.9 Å². The Labute approximate surface area is 127 Å². The first kappa shape index (κ1) is 14.9. The molecule has 0 aliphatic heterocycles. The highest BCUT2D eigenvalue weighted by Gasteiger charge is 2.35. The van der Waals surface area contributed by atoms with Crippen molar-refractivity contribution in [3.63, 3.8) is 0 Å². The van der Waals surface area contributed by atoms with Gasteiger partial charge in [-0.2, -0.15) is 0 Å². The van der Waals surface area contributed by atoms with Gasteiger partial charge in [-0.1, -0.05) is 0 Å². The van der Waals surface area contributed by atoms with E-state index >= 15 is 0 Å². The van der Waals surface area contributed by atoms with Gasteiger partial charge in [0, 0.05) is 20.8 Å². The topological polar surface area (TPSA) is 56.3 Å². The summed E-state index contributed by atoms with van der Waals surface area (Å²) >= 11 is 2.25. The summed E-state index contributed by atoms with van der Waals surface area (Å²) in [7, 11) is 3.55. The van der Waals surface area contributed by atoms with Crippen molar-refractivity contribution < 1.29 is 9.47 Å². The molecule has 0 saturated heterocycles. The highest BCUT2D eigenvalue weighted by atomic mass is 127. The molecule has 5 nitrogen and oxygen atoms in total. The number of aromatic nitrogens is 2. The maximum absolute atomic E-state index is 5.83. The number of hydrogen-bond acceptors (Lipinski definition) is 5. The van der Waals surface area contributed by atoms with E-state index in [2.05, 4.69) is 37.9 Å². The molecule has 6 heteroatoms. The Balaban J connectivity index is 2.34. The van der Waals surface area contributed by atoms with Gasteiger partial charge < -0.3 is 14.8 Å².